The predicted molar refractivity (Wildman–Crippen MR) is 247 cm³/mol. The molecule has 1 aromatic rings. The van der Waals surface area contributed by atoms with Crippen molar-refractivity contribution in [2.75, 3.05) is 4.90 Å². The van der Waals surface area contributed by atoms with Crippen LogP contribution in [0, 0.1) is 39.9 Å². The number of benzene rings is 1. The van der Waals surface area contributed by atoms with Gasteiger partial charge in [-0.15, -0.1) is 6.58 Å². The Bertz CT molecular complexity index is 2090. The second kappa shape index (κ2) is 16.4. The molecule has 4 unspecified atom stereocenters. The topological polar surface area (TPSA) is 6.48 Å². The summed E-state index contributed by atoms with van der Waals surface area (Å²) in [4.78, 5) is 5.00. The van der Waals surface area contributed by atoms with Crippen LogP contribution < -0.4 is 4.90 Å². The fourth-order valence-corrected chi connectivity index (χ4v) is 9.95. The van der Waals surface area contributed by atoms with Crippen LogP contribution >= 0.6 is 0 Å². The van der Waals surface area contributed by atoms with E-state index in [1.54, 1.807) is 0 Å². The third kappa shape index (κ3) is 8.67. The zero-order valence-electron chi connectivity index (χ0n) is 36.3. The van der Waals surface area contributed by atoms with Gasteiger partial charge in [-0.05, 0) is 162 Å². The van der Waals surface area contributed by atoms with Crippen LogP contribution in [0.5, 0.6) is 0 Å². The first kappa shape index (κ1) is 40.6. The lowest BCUT2D eigenvalue weighted by Gasteiger charge is -2.39. The Kier molecular flexibility index (Phi) is 11.7. The van der Waals surface area contributed by atoms with Gasteiger partial charge < -0.3 is 9.80 Å². The van der Waals surface area contributed by atoms with Crippen LogP contribution in [-0.2, 0) is 6.42 Å². The van der Waals surface area contributed by atoms with Crippen molar-refractivity contribution in [2.24, 2.45) is 39.9 Å². The van der Waals surface area contributed by atoms with Gasteiger partial charge in [-0.1, -0.05) is 135 Å². The van der Waals surface area contributed by atoms with Crippen molar-refractivity contribution >= 4 is 11.8 Å². The highest BCUT2D eigenvalue weighted by Gasteiger charge is 2.51. The molecular weight excluding hydrogens is 689 g/mol. The van der Waals surface area contributed by atoms with E-state index in [0.717, 1.165) is 44.2 Å². The van der Waals surface area contributed by atoms with Crippen LogP contribution in [0.15, 0.2) is 168 Å². The molecule has 0 amide bonds. The first-order chi connectivity index (χ1) is 27.2. The van der Waals surface area contributed by atoms with Crippen LogP contribution in [0.1, 0.15) is 111 Å². The van der Waals surface area contributed by atoms with E-state index in [1.807, 2.05) is 6.08 Å². The number of hydrogen-bond donors (Lipinski definition) is 0. The fraction of sp³-hybridized carbons (Fsp3) is 0.418. The second-order valence-corrected chi connectivity index (χ2v) is 20.0. The van der Waals surface area contributed by atoms with Crippen LogP contribution in [0.3, 0.4) is 0 Å². The molecule has 0 heterocycles. The molecule has 4 atom stereocenters. The summed E-state index contributed by atoms with van der Waals surface area (Å²) in [6.45, 7) is 27.3. The van der Waals surface area contributed by atoms with E-state index in [2.05, 4.69) is 194 Å². The maximum atomic E-state index is 4.36. The molecule has 2 nitrogen and oxygen atoms in total. The lowest BCUT2D eigenvalue weighted by atomic mass is 9.70. The summed E-state index contributed by atoms with van der Waals surface area (Å²) in [5.74, 6) is 1.87. The summed E-state index contributed by atoms with van der Waals surface area (Å²) in [6, 6.07) is 7.09. The summed E-state index contributed by atoms with van der Waals surface area (Å²) in [7, 11) is 0. The van der Waals surface area contributed by atoms with Gasteiger partial charge in [-0.3, -0.25) is 0 Å². The maximum absolute atomic E-state index is 4.36. The molecule has 0 spiro atoms. The minimum atomic E-state index is 0.0668. The molecule has 7 rings (SSSR count). The Balaban J connectivity index is 1.24. The van der Waals surface area contributed by atoms with Gasteiger partial charge >= 0.3 is 0 Å². The number of hydrogen-bond acceptors (Lipinski definition) is 2. The van der Waals surface area contributed by atoms with Crippen LogP contribution in [0.4, 0.5) is 5.69 Å². The van der Waals surface area contributed by atoms with Crippen LogP contribution in [0.25, 0.3) is 6.08 Å². The molecule has 0 N–H and O–H groups in total. The molecule has 6 aliphatic carbocycles. The van der Waals surface area contributed by atoms with E-state index in [0.29, 0.717) is 23.7 Å². The van der Waals surface area contributed by atoms with Crippen molar-refractivity contribution in [2.45, 2.75) is 107 Å². The monoisotopic (exact) mass is 757 g/mol. The van der Waals surface area contributed by atoms with E-state index in [4.69, 9.17) is 0 Å². The highest BCUT2D eigenvalue weighted by Crippen LogP contribution is 2.60. The summed E-state index contributed by atoms with van der Waals surface area (Å²) in [5, 5.41) is 0. The Morgan fingerprint density at radius 1 is 0.912 bits per heavy atom. The molecule has 298 valence electrons. The maximum Gasteiger partial charge on any atom is 0.0458 e. The minimum absolute atomic E-state index is 0.0668. The molecule has 2 heteroatoms. The van der Waals surface area contributed by atoms with Gasteiger partial charge in [0.25, 0.3) is 0 Å². The average molecular weight is 757 g/mol. The van der Waals surface area contributed by atoms with Crippen molar-refractivity contribution in [3.05, 3.63) is 179 Å². The van der Waals surface area contributed by atoms with Crippen LogP contribution in [-0.4, -0.2) is 4.90 Å². The van der Waals surface area contributed by atoms with Crippen molar-refractivity contribution in [1.82, 2.24) is 4.90 Å². The molecule has 57 heavy (non-hydrogen) atoms. The number of allylic oxidation sites excluding steroid dienone is 20. The number of fused-ring (bicyclic) bond motifs is 5. The van der Waals surface area contributed by atoms with E-state index < -0.39 is 0 Å². The molecule has 0 aliphatic heterocycles. The van der Waals surface area contributed by atoms with Crippen molar-refractivity contribution in [3.8, 4) is 0 Å². The summed E-state index contributed by atoms with van der Waals surface area (Å²) < 4.78 is 0. The van der Waals surface area contributed by atoms with Gasteiger partial charge in [0.1, 0.15) is 0 Å². The third-order valence-electron chi connectivity index (χ3n) is 13.5. The molecule has 1 saturated carbocycles. The third-order valence-corrected chi connectivity index (χ3v) is 13.5. The molecule has 0 radical (unpaired) electrons. The van der Waals surface area contributed by atoms with E-state index in [9.17, 15) is 0 Å². The molecule has 0 bridgehead atoms. The molecule has 1 aromatic carbocycles. The predicted octanol–water partition coefficient (Wildman–Crippen LogP) is 15.1. The Morgan fingerprint density at radius 3 is 2.33 bits per heavy atom. The van der Waals surface area contributed by atoms with Gasteiger partial charge in [-0.2, -0.15) is 0 Å². The van der Waals surface area contributed by atoms with Crippen LogP contribution in [0.2, 0.25) is 0 Å². The average Bonchev–Trinajstić information content (AvgIpc) is 3.41. The van der Waals surface area contributed by atoms with Crippen molar-refractivity contribution in [1.29, 1.82) is 0 Å². The molecule has 1 fully saturated rings. The fourth-order valence-electron chi connectivity index (χ4n) is 9.95. The first-order valence-electron chi connectivity index (χ1n) is 21.8. The smallest absolute Gasteiger partial charge is 0.0458 e. The SMILES string of the molecule is C=C/C(=C\C=C\C(C)(C)C)N(C1=CCC2CCC=CC2=C1)C1=CC=C2C3=CC=C(N(/C=C/CC(C=C)C(C)(C)C)c4ccc5c(c4)C=CCC5)CC3C(C)(C)C2C1. The van der Waals surface area contributed by atoms with Crippen molar-refractivity contribution < 1.29 is 0 Å². The zero-order chi connectivity index (χ0) is 40.5. The van der Waals surface area contributed by atoms with E-state index >= 15 is 0 Å². The van der Waals surface area contributed by atoms with Gasteiger partial charge in [0.05, 0.1) is 0 Å². The van der Waals surface area contributed by atoms with Crippen molar-refractivity contribution in [3.63, 3.8) is 0 Å². The standard InChI is InChI=1S/C55H68N2/c1-11-43(54(6,7)8)23-18-34-56(45-27-25-39-19-13-15-21-41(39)35-45)46-29-31-49-50-32-30-48(38-52(50)55(9,10)51(49)37-46)57(44(12-2)24-17-33-53(3,4)5)47-28-26-40-20-14-16-22-42(40)36-47/h11-12,15-18,21-22,24-25,27-36,40,43,51-52H,1-2,13-14,19-20,23,26,37-38H2,3-10H3/b33-17+,34-18+,44-24+. The quantitative estimate of drug-likeness (QED) is 0.164. The summed E-state index contributed by atoms with van der Waals surface area (Å²) in [6.07, 6.45) is 48.4. The molecule has 0 aromatic heterocycles. The lowest BCUT2D eigenvalue weighted by molar-refractivity contribution is 0.197. The van der Waals surface area contributed by atoms with Gasteiger partial charge in [0, 0.05) is 34.7 Å². The number of nitrogens with zero attached hydrogens (tertiary/aromatic N) is 2. The minimum Gasteiger partial charge on any atom is -0.321 e. The number of anilines is 1. The highest BCUT2D eigenvalue weighted by molar-refractivity contribution is 5.67. The molecule has 0 saturated heterocycles. The lowest BCUT2D eigenvalue weighted by Crippen LogP contribution is -2.32. The summed E-state index contributed by atoms with van der Waals surface area (Å²) >= 11 is 0. The van der Waals surface area contributed by atoms with Gasteiger partial charge in [0.15, 0.2) is 0 Å². The normalized spacial score (nSPS) is 24.6. The summed E-state index contributed by atoms with van der Waals surface area (Å²) in [5.41, 5.74) is 14.0. The first-order valence-corrected chi connectivity index (χ1v) is 21.8. The Labute approximate surface area is 346 Å². The molecule has 6 aliphatic rings. The van der Waals surface area contributed by atoms with Gasteiger partial charge in [0.2, 0.25) is 0 Å². The zero-order valence-corrected chi connectivity index (χ0v) is 36.3. The largest absolute Gasteiger partial charge is 0.321 e. The second-order valence-electron chi connectivity index (χ2n) is 20.0. The van der Waals surface area contributed by atoms with Gasteiger partial charge in [-0.25, -0.2) is 0 Å². The molecular formula is C55H68N2. The number of rotatable bonds is 11. The van der Waals surface area contributed by atoms with E-state index in [1.165, 1.54) is 63.5 Å². The number of aryl methyl sites for hydroxylation is 1. The van der Waals surface area contributed by atoms with E-state index in [-0.39, 0.29) is 16.2 Å². The highest BCUT2D eigenvalue weighted by atomic mass is 15.2. The Hall–Kier alpha value is -4.56. The Morgan fingerprint density at radius 2 is 1.63 bits per heavy atom.